The lowest BCUT2D eigenvalue weighted by molar-refractivity contribution is 0.459. The van der Waals surface area contributed by atoms with Crippen LogP contribution in [-0.2, 0) is 6.42 Å². The van der Waals surface area contributed by atoms with E-state index >= 15 is 0 Å². The molecule has 2 heteroatoms. The molecule has 1 aliphatic carbocycles. The Bertz CT molecular complexity index is 432. The van der Waals surface area contributed by atoms with Crippen molar-refractivity contribution in [2.45, 2.75) is 32.2 Å². The van der Waals surface area contributed by atoms with Gasteiger partial charge in [-0.05, 0) is 50.9 Å². The van der Waals surface area contributed by atoms with Crippen molar-refractivity contribution in [2.75, 3.05) is 7.05 Å². The number of nitrogens with one attached hydrogen (secondary N) is 1. The van der Waals surface area contributed by atoms with E-state index in [9.17, 15) is 5.11 Å². The summed E-state index contributed by atoms with van der Waals surface area (Å²) in [4.78, 5) is 0. The first-order valence-electron chi connectivity index (χ1n) is 5.75. The molecule has 0 saturated carbocycles. The number of hydrogen-bond donors (Lipinski definition) is 2. The van der Waals surface area contributed by atoms with Gasteiger partial charge in [-0.3, -0.25) is 0 Å². The minimum atomic E-state index is 0.0309. The van der Waals surface area contributed by atoms with Gasteiger partial charge in [0.15, 0.2) is 0 Å². The van der Waals surface area contributed by atoms with Gasteiger partial charge in [0.1, 0.15) is 5.75 Å². The van der Waals surface area contributed by atoms with E-state index < -0.39 is 0 Å². The van der Waals surface area contributed by atoms with Gasteiger partial charge in [0.25, 0.3) is 0 Å². The second kappa shape index (κ2) is 3.95. The summed E-state index contributed by atoms with van der Waals surface area (Å²) in [7, 11) is 1.98. The first-order chi connectivity index (χ1) is 7.54. The topological polar surface area (TPSA) is 32.3 Å². The quantitative estimate of drug-likeness (QED) is 0.798. The van der Waals surface area contributed by atoms with Crippen LogP contribution < -0.4 is 5.32 Å². The Kier molecular flexibility index (Phi) is 2.76. The van der Waals surface area contributed by atoms with Gasteiger partial charge < -0.3 is 10.4 Å². The van der Waals surface area contributed by atoms with Crippen molar-refractivity contribution < 1.29 is 5.11 Å². The molecule has 0 fully saturated rings. The average molecular weight is 217 g/mol. The number of phenolic OH excluding ortho intramolecular Hbond substituents is 1. The van der Waals surface area contributed by atoms with Gasteiger partial charge in [-0.25, -0.2) is 0 Å². The largest absolute Gasteiger partial charge is 0.508 e. The summed E-state index contributed by atoms with van der Waals surface area (Å²) in [5, 5.41) is 13.1. The molecule has 0 saturated heterocycles. The molecular weight excluding hydrogens is 198 g/mol. The van der Waals surface area contributed by atoms with Crippen molar-refractivity contribution in [3.8, 4) is 5.75 Å². The Labute approximate surface area is 97.0 Å². The van der Waals surface area contributed by atoms with E-state index in [1.807, 2.05) is 13.1 Å². The summed E-state index contributed by atoms with van der Waals surface area (Å²) in [5.74, 6) is 0.426. The molecule has 1 aromatic carbocycles. The Morgan fingerprint density at radius 1 is 1.25 bits per heavy atom. The molecule has 0 aromatic heterocycles. The molecule has 2 rings (SSSR count). The summed E-state index contributed by atoms with van der Waals surface area (Å²) in [6, 6.07) is 5.74. The van der Waals surface area contributed by atoms with Crippen LogP contribution in [0, 0.1) is 0 Å². The first-order valence-corrected chi connectivity index (χ1v) is 5.75. The monoisotopic (exact) mass is 217 g/mol. The van der Waals surface area contributed by atoms with E-state index in [0.29, 0.717) is 5.75 Å². The summed E-state index contributed by atoms with van der Waals surface area (Å²) in [6.07, 6.45) is 4.15. The lowest BCUT2D eigenvalue weighted by Crippen LogP contribution is -2.38. The van der Waals surface area contributed by atoms with E-state index in [1.54, 1.807) is 6.07 Å². The van der Waals surface area contributed by atoms with Crippen LogP contribution in [0.15, 0.2) is 23.8 Å². The molecule has 0 unspecified atom stereocenters. The molecule has 2 N–H and O–H groups in total. The molecule has 1 aromatic rings. The molecule has 0 spiro atoms. The van der Waals surface area contributed by atoms with Gasteiger partial charge in [-0.1, -0.05) is 18.2 Å². The van der Waals surface area contributed by atoms with Crippen LogP contribution in [-0.4, -0.2) is 17.7 Å². The molecule has 0 aliphatic heterocycles. The third-order valence-corrected chi connectivity index (χ3v) is 3.59. The Hall–Kier alpha value is -1.28. The van der Waals surface area contributed by atoms with Crippen molar-refractivity contribution in [3.05, 3.63) is 34.9 Å². The highest BCUT2D eigenvalue weighted by molar-refractivity contribution is 5.64. The van der Waals surface area contributed by atoms with Crippen molar-refractivity contribution in [1.29, 1.82) is 0 Å². The van der Waals surface area contributed by atoms with Crippen molar-refractivity contribution in [2.24, 2.45) is 0 Å². The molecule has 16 heavy (non-hydrogen) atoms. The van der Waals surface area contributed by atoms with Crippen molar-refractivity contribution >= 4 is 6.08 Å². The van der Waals surface area contributed by atoms with Crippen LogP contribution in [0.2, 0.25) is 0 Å². The van der Waals surface area contributed by atoms with Gasteiger partial charge in [0.05, 0.1) is 0 Å². The highest BCUT2D eigenvalue weighted by Gasteiger charge is 2.24. The molecular formula is C14H19NO. The third-order valence-electron chi connectivity index (χ3n) is 3.59. The zero-order valence-electron chi connectivity index (χ0n) is 10.2. The zero-order chi connectivity index (χ0) is 11.8. The zero-order valence-corrected chi connectivity index (χ0v) is 10.2. The summed E-state index contributed by atoms with van der Waals surface area (Å²) in [6.45, 7) is 4.37. The van der Waals surface area contributed by atoms with Crippen LogP contribution in [0.1, 0.15) is 31.4 Å². The summed E-state index contributed by atoms with van der Waals surface area (Å²) >= 11 is 0. The second-order valence-electron chi connectivity index (χ2n) is 4.89. The van der Waals surface area contributed by atoms with E-state index in [1.165, 1.54) is 5.57 Å². The Morgan fingerprint density at radius 3 is 2.69 bits per heavy atom. The number of hydrogen-bond acceptors (Lipinski definition) is 2. The highest BCUT2D eigenvalue weighted by atomic mass is 16.3. The van der Waals surface area contributed by atoms with E-state index in [-0.39, 0.29) is 5.54 Å². The summed E-state index contributed by atoms with van der Waals surface area (Å²) < 4.78 is 0. The predicted molar refractivity (Wildman–Crippen MR) is 67.5 cm³/mol. The van der Waals surface area contributed by atoms with Crippen molar-refractivity contribution in [1.82, 2.24) is 5.32 Å². The van der Waals surface area contributed by atoms with Gasteiger partial charge in [-0.2, -0.15) is 0 Å². The third kappa shape index (κ3) is 1.85. The maximum atomic E-state index is 9.76. The fourth-order valence-electron chi connectivity index (χ4n) is 2.17. The minimum Gasteiger partial charge on any atom is -0.508 e. The standard InChI is InChI=1S/C14H19NO/c1-14(2,15-3)11-7-8-12-10(9-11)5-4-6-13(12)16/h4-6,9,15-16H,7-8H2,1-3H3. The van der Waals surface area contributed by atoms with Gasteiger partial charge in [0, 0.05) is 11.1 Å². The van der Waals surface area contributed by atoms with E-state index in [4.69, 9.17) is 0 Å². The number of benzene rings is 1. The van der Waals surface area contributed by atoms with Crippen LogP contribution in [0.25, 0.3) is 6.08 Å². The van der Waals surface area contributed by atoms with Gasteiger partial charge in [-0.15, -0.1) is 0 Å². The maximum absolute atomic E-state index is 9.76. The summed E-state index contributed by atoms with van der Waals surface area (Å²) in [5.41, 5.74) is 3.67. The smallest absolute Gasteiger partial charge is 0.119 e. The number of likely N-dealkylation sites (N-methyl/N-ethyl adjacent to an activating group) is 1. The maximum Gasteiger partial charge on any atom is 0.119 e. The van der Waals surface area contributed by atoms with Crippen LogP contribution in [0.4, 0.5) is 0 Å². The molecule has 0 radical (unpaired) electrons. The number of rotatable bonds is 2. The normalized spacial score (nSPS) is 15.6. The Balaban J connectivity index is 2.43. The molecule has 86 valence electrons. The van der Waals surface area contributed by atoms with E-state index in [2.05, 4.69) is 31.3 Å². The molecule has 1 aliphatic rings. The number of phenols is 1. The van der Waals surface area contributed by atoms with Crippen molar-refractivity contribution in [3.63, 3.8) is 0 Å². The SMILES string of the molecule is CNC(C)(C)C1=Cc2cccc(O)c2CC1. The fraction of sp³-hybridized carbons (Fsp3) is 0.429. The minimum absolute atomic E-state index is 0.0309. The van der Waals surface area contributed by atoms with Gasteiger partial charge in [0.2, 0.25) is 0 Å². The second-order valence-corrected chi connectivity index (χ2v) is 4.89. The number of fused-ring (bicyclic) bond motifs is 1. The predicted octanol–water partition coefficient (Wildman–Crippen LogP) is 2.72. The highest BCUT2D eigenvalue weighted by Crippen LogP contribution is 2.34. The molecule has 0 amide bonds. The number of aromatic hydroxyl groups is 1. The molecule has 0 bridgehead atoms. The molecule has 0 atom stereocenters. The Morgan fingerprint density at radius 2 is 2.00 bits per heavy atom. The lowest BCUT2D eigenvalue weighted by Gasteiger charge is -2.31. The first kappa shape index (κ1) is 11.2. The fourth-order valence-corrected chi connectivity index (χ4v) is 2.17. The van der Waals surface area contributed by atoms with Gasteiger partial charge >= 0.3 is 0 Å². The van der Waals surface area contributed by atoms with E-state index in [0.717, 1.165) is 24.0 Å². The van der Waals surface area contributed by atoms with Crippen LogP contribution in [0.5, 0.6) is 5.75 Å². The van der Waals surface area contributed by atoms with Crippen LogP contribution in [0.3, 0.4) is 0 Å². The molecule has 0 heterocycles. The average Bonchev–Trinajstić information content (AvgIpc) is 2.29. The lowest BCUT2D eigenvalue weighted by atomic mass is 9.82. The van der Waals surface area contributed by atoms with Crippen LogP contribution >= 0.6 is 0 Å². The molecule has 2 nitrogen and oxygen atoms in total.